The van der Waals surface area contributed by atoms with Gasteiger partial charge in [0.1, 0.15) is 11.5 Å². The Kier molecular flexibility index (Phi) is 4.12. The van der Waals surface area contributed by atoms with Crippen molar-refractivity contribution in [2.75, 3.05) is 0 Å². The number of benzene rings is 2. The number of hydrogen-bond donors (Lipinski definition) is 2. The van der Waals surface area contributed by atoms with E-state index in [2.05, 4.69) is 20.6 Å². The molecular formula is C21H18FN5O2. The fourth-order valence-corrected chi connectivity index (χ4v) is 3.94. The summed E-state index contributed by atoms with van der Waals surface area (Å²) in [5.41, 5.74) is 1.68. The van der Waals surface area contributed by atoms with Crippen molar-refractivity contribution in [1.29, 1.82) is 0 Å². The van der Waals surface area contributed by atoms with Gasteiger partial charge in [-0.2, -0.15) is 10.1 Å². The molecule has 1 amide bonds. The second-order valence-electron chi connectivity index (χ2n) is 7.33. The van der Waals surface area contributed by atoms with Crippen LogP contribution in [0.3, 0.4) is 0 Å². The number of aromatic nitrogens is 4. The maximum absolute atomic E-state index is 13.6. The highest BCUT2D eigenvalue weighted by molar-refractivity contribution is 5.98. The number of carbonyl (C=O) groups excluding carboxylic acids is 1. The van der Waals surface area contributed by atoms with Gasteiger partial charge in [0.25, 0.3) is 11.5 Å². The molecule has 0 bridgehead atoms. The third-order valence-corrected chi connectivity index (χ3v) is 5.41. The monoisotopic (exact) mass is 391 g/mol. The van der Waals surface area contributed by atoms with Gasteiger partial charge in [0.05, 0.1) is 10.9 Å². The first-order chi connectivity index (χ1) is 14.1. The summed E-state index contributed by atoms with van der Waals surface area (Å²) >= 11 is 0. The minimum absolute atomic E-state index is 0.165. The number of nitrogens with one attached hydrogen (secondary N) is 2. The van der Waals surface area contributed by atoms with Crippen molar-refractivity contribution < 1.29 is 9.18 Å². The summed E-state index contributed by atoms with van der Waals surface area (Å²) in [6.45, 7) is 0. The van der Waals surface area contributed by atoms with E-state index >= 15 is 0 Å². The summed E-state index contributed by atoms with van der Waals surface area (Å²) in [5.74, 6) is -0.570. The molecule has 1 aliphatic carbocycles. The van der Waals surface area contributed by atoms with Crippen LogP contribution in [-0.2, 0) is 0 Å². The van der Waals surface area contributed by atoms with Crippen molar-refractivity contribution in [2.45, 2.75) is 31.7 Å². The number of amides is 1. The van der Waals surface area contributed by atoms with Gasteiger partial charge < -0.3 is 5.32 Å². The van der Waals surface area contributed by atoms with E-state index in [1.165, 1.54) is 12.1 Å². The van der Waals surface area contributed by atoms with Crippen molar-refractivity contribution in [3.05, 3.63) is 64.2 Å². The predicted octanol–water partition coefficient (Wildman–Crippen LogP) is 3.05. The van der Waals surface area contributed by atoms with Gasteiger partial charge in [0.2, 0.25) is 0 Å². The van der Waals surface area contributed by atoms with Crippen LogP contribution < -0.4 is 10.9 Å². The van der Waals surface area contributed by atoms with Gasteiger partial charge in [0.15, 0.2) is 5.65 Å². The van der Waals surface area contributed by atoms with Crippen molar-refractivity contribution in [3.8, 4) is 11.3 Å². The minimum Gasteiger partial charge on any atom is -0.349 e. The van der Waals surface area contributed by atoms with Crippen LogP contribution in [0.25, 0.3) is 27.8 Å². The summed E-state index contributed by atoms with van der Waals surface area (Å²) in [4.78, 5) is 29.3. The van der Waals surface area contributed by atoms with Crippen LogP contribution in [0.5, 0.6) is 0 Å². The molecule has 4 aromatic rings. The average molecular weight is 391 g/mol. The van der Waals surface area contributed by atoms with Gasteiger partial charge in [-0.25, -0.2) is 14.1 Å². The molecule has 2 heterocycles. The molecular weight excluding hydrogens is 373 g/mol. The number of carbonyl (C=O) groups is 1. The topological polar surface area (TPSA) is 92.2 Å². The van der Waals surface area contributed by atoms with Crippen LogP contribution in [0.1, 0.15) is 36.0 Å². The third kappa shape index (κ3) is 3.06. The Balaban J connectivity index is 1.63. The first kappa shape index (κ1) is 17.5. The summed E-state index contributed by atoms with van der Waals surface area (Å²) < 4.78 is 15.2. The fourth-order valence-electron chi connectivity index (χ4n) is 3.94. The van der Waals surface area contributed by atoms with Crippen LogP contribution in [0, 0.1) is 5.82 Å². The molecule has 0 radical (unpaired) electrons. The standard InChI is InChI=1S/C21H18FN5O2/c22-14-5-3-4-12(10-14)18-19-24-21(29)16-9-8-13(11-17(16)27(19)26-25-18)20(28)23-15-6-1-2-7-15/h3-5,8-11,15,26H,1-2,6-7H2,(H,23,28). The van der Waals surface area contributed by atoms with Crippen molar-refractivity contribution in [2.24, 2.45) is 0 Å². The van der Waals surface area contributed by atoms with E-state index < -0.39 is 11.4 Å². The zero-order valence-corrected chi connectivity index (χ0v) is 15.5. The van der Waals surface area contributed by atoms with Gasteiger partial charge in [-0.3, -0.25) is 9.59 Å². The van der Waals surface area contributed by atoms with Gasteiger partial charge in [0, 0.05) is 17.2 Å². The van der Waals surface area contributed by atoms with Crippen LogP contribution in [0.15, 0.2) is 47.3 Å². The zero-order chi connectivity index (χ0) is 20.0. The summed E-state index contributed by atoms with van der Waals surface area (Å²) in [7, 11) is 0. The molecule has 1 aliphatic rings. The Morgan fingerprint density at radius 2 is 2.00 bits per heavy atom. The van der Waals surface area contributed by atoms with Crippen LogP contribution in [-0.4, -0.2) is 31.8 Å². The highest BCUT2D eigenvalue weighted by atomic mass is 19.1. The van der Waals surface area contributed by atoms with Gasteiger partial charge >= 0.3 is 0 Å². The normalized spacial score (nSPS) is 14.7. The number of aromatic amines is 1. The molecule has 0 unspecified atom stereocenters. The average Bonchev–Trinajstić information content (AvgIpc) is 3.37. The lowest BCUT2D eigenvalue weighted by molar-refractivity contribution is 0.0938. The molecule has 7 nitrogen and oxygen atoms in total. The second kappa shape index (κ2) is 6.80. The summed E-state index contributed by atoms with van der Waals surface area (Å²) in [6, 6.07) is 11.0. The lowest BCUT2D eigenvalue weighted by Crippen LogP contribution is -2.32. The number of rotatable bonds is 3. The third-order valence-electron chi connectivity index (χ3n) is 5.41. The van der Waals surface area contributed by atoms with E-state index in [1.54, 1.807) is 34.8 Å². The van der Waals surface area contributed by atoms with Gasteiger partial charge in [-0.15, -0.1) is 0 Å². The molecule has 0 atom stereocenters. The quantitative estimate of drug-likeness (QED) is 0.561. The lowest BCUT2D eigenvalue weighted by atomic mass is 10.1. The molecule has 146 valence electrons. The molecule has 8 heteroatoms. The zero-order valence-electron chi connectivity index (χ0n) is 15.5. The lowest BCUT2D eigenvalue weighted by Gasteiger charge is -2.12. The van der Waals surface area contributed by atoms with E-state index in [1.807, 2.05) is 0 Å². The smallest absolute Gasteiger partial charge is 0.281 e. The number of H-pyrrole nitrogens is 1. The largest absolute Gasteiger partial charge is 0.349 e. The Morgan fingerprint density at radius 1 is 1.17 bits per heavy atom. The summed E-state index contributed by atoms with van der Waals surface area (Å²) in [6.07, 6.45) is 4.23. The fraction of sp³-hybridized carbons (Fsp3) is 0.238. The summed E-state index contributed by atoms with van der Waals surface area (Å²) in [5, 5.41) is 10.5. The SMILES string of the molecule is O=C(NC1CCCC1)c1ccc2c(=O)nc3c(-c4cccc(F)c4)n[nH]n3c2c1. The Labute approximate surface area is 164 Å². The predicted molar refractivity (Wildman–Crippen MR) is 106 cm³/mol. The molecule has 0 saturated heterocycles. The Morgan fingerprint density at radius 3 is 2.79 bits per heavy atom. The maximum atomic E-state index is 13.6. The van der Waals surface area contributed by atoms with Crippen molar-refractivity contribution >= 4 is 22.5 Å². The molecule has 1 fully saturated rings. The molecule has 5 rings (SSSR count). The van der Waals surface area contributed by atoms with Crippen LogP contribution in [0.2, 0.25) is 0 Å². The number of fused-ring (bicyclic) bond motifs is 3. The maximum Gasteiger partial charge on any atom is 0.281 e. The van der Waals surface area contributed by atoms with E-state index in [9.17, 15) is 14.0 Å². The van der Waals surface area contributed by atoms with Crippen LogP contribution in [0.4, 0.5) is 4.39 Å². The molecule has 2 aromatic heterocycles. The van der Waals surface area contributed by atoms with E-state index in [0.717, 1.165) is 25.7 Å². The van der Waals surface area contributed by atoms with Crippen LogP contribution >= 0.6 is 0 Å². The minimum atomic E-state index is -0.429. The molecule has 0 spiro atoms. The van der Waals surface area contributed by atoms with Gasteiger partial charge in [-0.05, 0) is 43.2 Å². The second-order valence-corrected chi connectivity index (χ2v) is 7.33. The first-order valence-corrected chi connectivity index (χ1v) is 9.58. The number of halogens is 1. The molecule has 2 N–H and O–H groups in total. The van der Waals surface area contributed by atoms with Crippen molar-refractivity contribution in [1.82, 2.24) is 25.1 Å². The number of hydrogen-bond acceptors (Lipinski definition) is 4. The van der Waals surface area contributed by atoms with E-state index in [-0.39, 0.29) is 17.6 Å². The highest BCUT2D eigenvalue weighted by Crippen LogP contribution is 2.24. The van der Waals surface area contributed by atoms with Gasteiger partial charge in [-0.1, -0.05) is 25.0 Å². The Bertz CT molecular complexity index is 1300. The number of nitrogens with zero attached hydrogens (tertiary/aromatic N) is 3. The van der Waals surface area contributed by atoms with E-state index in [0.29, 0.717) is 27.7 Å². The van der Waals surface area contributed by atoms with Crippen molar-refractivity contribution in [3.63, 3.8) is 0 Å². The molecule has 29 heavy (non-hydrogen) atoms. The molecule has 0 aliphatic heterocycles. The Hall–Kier alpha value is -3.55. The molecule has 2 aromatic carbocycles. The highest BCUT2D eigenvalue weighted by Gasteiger charge is 2.19. The first-order valence-electron chi connectivity index (χ1n) is 9.58. The molecule has 1 saturated carbocycles. The van der Waals surface area contributed by atoms with E-state index in [4.69, 9.17) is 0 Å².